The quantitative estimate of drug-likeness (QED) is 0.303. The zero-order valence-electron chi connectivity index (χ0n) is 21.8. The first-order valence-electron chi connectivity index (χ1n) is 12.9. The molecular weight excluding hydrogens is 474 g/mol. The highest BCUT2D eigenvalue weighted by atomic mass is 16.1. The van der Waals surface area contributed by atoms with Crippen molar-refractivity contribution in [3.8, 4) is 11.1 Å². The van der Waals surface area contributed by atoms with Crippen LogP contribution in [-0.4, -0.2) is 67.6 Å². The lowest BCUT2D eigenvalue weighted by Crippen LogP contribution is -2.43. The number of fused-ring (bicyclic) bond motifs is 1. The molecule has 3 aromatic carbocycles. The largest absolute Gasteiger partial charge is 0.369 e. The number of amides is 1. The Morgan fingerprint density at radius 3 is 2.61 bits per heavy atom. The molecule has 1 saturated heterocycles. The summed E-state index contributed by atoms with van der Waals surface area (Å²) in [5, 5.41) is 10.6. The number of benzene rings is 3. The fraction of sp³-hybridized carbons (Fsp3) is 0.233. The summed E-state index contributed by atoms with van der Waals surface area (Å²) in [6.07, 6.45) is 5.24. The van der Waals surface area contributed by atoms with E-state index >= 15 is 0 Å². The van der Waals surface area contributed by atoms with Crippen molar-refractivity contribution < 1.29 is 4.79 Å². The number of nitrogens with zero attached hydrogens (tertiary/aromatic N) is 4. The Labute approximate surface area is 223 Å². The number of piperazine rings is 1. The van der Waals surface area contributed by atoms with Crippen molar-refractivity contribution in [2.24, 2.45) is 0 Å². The van der Waals surface area contributed by atoms with Crippen LogP contribution in [-0.2, 0) is 4.79 Å². The average Bonchev–Trinajstić information content (AvgIpc) is 2.93. The van der Waals surface area contributed by atoms with E-state index in [0.717, 1.165) is 59.6 Å². The molecule has 0 saturated carbocycles. The summed E-state index contributed by atoms with van der Waals surface area (Å²) in [4.78, 5) is 26.1. The van der Waals surface area contributed by atoms with Gasteiger partial charge < -0.3 is 25.8 Å². The summed E-state index contributed by atoms with van der Waals surface area (Å²) < 4.78 is 0. The number of hydrogen-bond donors (Lipinski definition) is 3. The molecule has 8 nitrogen and oxygen atoms in total. The van der Waals surface area contributed by atoms with Crippen molar-refractivity contribution in [3.05, 3.63) is 85.1 Å². The molecular formula is C30H33N7O. The van der Waals surface area contributed by atoms with E-state index in [1.54, 1.807) is 6.08 Å². The third-order valence-corrected chi connectivity index (χ3v) is 6.40. The minimum Gasteiger partial charge on any atom is -0.369 e. The van der Waals surface area contributed by atoms with Crippen LogP contribution in [0.5, 0.6) is 0 Å². The topological polar surface area (TPSA) is 85.4 Å². The average molecular weight is 508 g/mol. The third-order valence-electron chi connectivity index (χ3n) is 6.40. The lowest BCUT2D eigenvalue weighted by molar-refractivity contribution is -0.111. The number of likely N-dealkylation sites (N-methyl/N-ethyl adjacent to an activating group) is 1. The maximum absolute atomic E-state index is 12.3. The molecule has 1 aliphatic heterocycles. The molecule has 2 heterocycles. The van der Waals surface area contributed by atoms with Crippen molar-refractivity contribution in [1.82, 2.24) is 20.2 Å². The number of carbonyl (C=O) groups is 1. The summed E-state index contributed by atoms with van der Waals surface area (Å²) in [7, 11) is 3.93. The van der Waals surface area contributed by atoms with Crippen LogP contribution in [0.1, 0.15) is 0 Å². The van der Waals surface area contributed by atoms with Gasteiger partial charge in [0.15, 0.2) is 0 Å². The van der Waals surface area contributed by atoms with Crippen molar-refractivity contribution in [1.29, 1.82) is 0 Å². The SMILES string of the molecule is CN(C)C/C=C/C(=O)Nc1cccc(-c2cccc3cnc(Nc4ccc(N5CCNCC5)cc4)nc23)c1. The van der Waals surface area contributed by atoms with Gasteiger partial charge in [0, 0.05) is 73.0 Å². The Morgan fingerprint density at radius 1 is 1.03 bits per heavy atom. The highest BCUT2D eigenvalue weighted by Crippen LogP contribution is 2.30. The Bertz CT molecular complexity index is 1430. The van der Waals surface area contributed by atoms with Crippen LogP contribution in [0.3, 0.4) is 0 Å². The lowest BCUT2D eigenvalue weighted by atomic mass is 10.0. The molecule has 1 aromatic heterocycles. The fourth-order valence-corrected chi connectivity index (χ4v) is 4.48. The molecule has 0 aliphatic carbocycles. The van der Waals surface area contributed by atoms with Gasteiger partial charge in [-0.25, -0.2) is 9.97 Å². The van der Waals surface area contributed by atoms with E-state index in [2.05, 4.69) is 50.1 Å². The zero-order valence-corrected chi connectivity index (χ0v) is 21.8. The van der Waals surface area contributed by atoms with E-state index in [4.69, 9.17) is 4.98 Å². The monoisotopic (exact) mass is 507 g/mol. The molecule has 5 rings (SSSR count). The summed E-state index contributed by atoms with van der Waals surface area (Å²) in [6, 6.07) is 22.3. The Morgan fingerprint density at radius 2 is 1.82 bits per heavy atom. The molecule has 4 aromatic rings. The van der Waals surface area contributed by atoms with Crippen LogP contribution in [0.2, 0.25) is 0 Å². The first-order chi connectivity index (χ1) is 18.5. The van der Waals surface area contributed by atoms with E-state index in [9.17, 15) is 4.79 Å². The van der Waals surface area contributed by atoms with Crippen molar-refractivity contribution >= 4 is 39.8 Å². The molecule has 194 valence electrons. The number of aromatic nitrogens is 2. The van der Waals surface area contributed by atoms with Crippen molar-refractivity contribution in [2.45, 2.75) is 0 Å². The fourth-order valence-electron chi connectivity index (χ4n) is 4.48. The van der Waals surface area contributed by atoms with Crippen LogP contribution in [0.25, 0.3) is 22.0 Å². The zero-order chi connectivity index (χ0) is 26.3. The lowest BCUT2D eigenvalue weighted by Gasteiger charge is -2.29. The minimum atomic E-state index is -0.154. The van der Waals surface area contributed by atoms with E-state index in [-0.39, 0.29) is 5.91 Å². The normalized spacial score (nSPS) is 13.8. The Kier molecular flexibility index (Phi) is 7.92. The predicted molar refractivity (Wildman–Crippen MR) is 156 cm³/mol. The number of hydrogen-bond acceptors (Lipinski definition) is 7. The molecule has 0 atom stereocenters. The predicted octanol–water partition coefficient (Wildman–Crippen LogP) is 4.51. The highest BCUT2D eigenvalue weighted by Gasteiger charge is 2.11. The third kappa shape index (κ3) is 6.34. The van der Waals surface area contributed by atoms with Crippen LogP contribution < -0.4 is 20.9 Å². The van der Waals surface area contributed by atoms with E-state index in [1.807, 2.05) is 73.7 Å². The van der Waals surface area contributed by atoms with E-state index < -0.39 is 0 Å². The number of carbonyl (C=O) groups excluding carboxylic acids is 1. The van der Waals surface area contributed by atoms with Crippen LogP contribution >= 0.6 is 0 Å². The standard InChI is InChI=1S/C30H33N7O/c1-36(2)17-5-10-28(38)33-25-8-3-6-22(20-25)27-9-4-7-23-21-32-30(35-29(23)27)34-24-11-13-26(14-12-24)37-18-15-31-16-19-37/h3-14,20-21,31H,15-19H2,1-2H3,(H,33,38)(H,32,34,35)/b10-5+. The van der Waals surface area contributed by atoms with Crippen LogP contribution in [0.4, 0.5) is 23.0 Å². The number of anilines is 4. The van der Waals surface area contributed by atoms with Gasteiger partial charge in [0.25, 0.3) is 0 Å². The Hall–Kier alpha value is -4.27. The van der Waals surface area contributed by atoms with Gasteiger partial charge in [-0.1, -0.05) is 36.4 Å². The first kappa shape index (κ1) is 25.4. The van der Waals surface area contributed by atoms with Gasteiger partial charge in [-0.15, -0.1) is 0 Å². The summed E-state index contributed by atoms with van der Waals surface area (Å²) in [5.41, 5.74) is 5.68. The molecule has 0 unspecified atom stereocenters. The molecule has 0 bridgehead atoms. The molecule has 3 N–H and O–H groups in total. The molecule has 8 heteroatoms. The van der Waals surface area contributed by atoms with E-state index in [0.29, 0.717) is 12.5 Å². The second kappa shape index (κ2) is 11.9. The second-order valence-corrected chi connectivity index (χ2v) is 9.58. The van der Waals surface area contributed by atoms with Gasteiger partial charge >= 0.3 is 0 Å². The second-order valence-electron chi connectivity index (χ2n) is 9.58. The van der Waals surface area contributed by atoms with E-state index in [1.165, 1.54) is 5.69 Å². The number of para-hydroxylation sites is 1. The number of nitrogens with one attached hydrogen (secondary N) is 3. The highest BCUT2D eigenvalue weighted by molar-refractivity contribution is 6.00. The maximum atomic E-state index is 12.3. The van der Waals surface area contributed by atoms with Crippen molar-refractivity contribution in [3.63, 3.8) is 0 Å². The van der Waals surface area contributed by atoms with Gasteiger partial charge in [0.1, 0.15) is 0 Å². The van der Waals surface area contributed by atoms with Gasteiger partial charge in [0.2, 0.25) is 11.9 Å². The molecule has 0 spiro atoms. The minimum absolute atomic E-state index is 0.154. The summed E-state index contributed by atoms with van der Waals surface area (Å²) >= 11 is 0. The smallest absolute Gasteiger partial charge is 0.248 e. The van der Waals surface area contributed by atoms with Gasteiger partial charge in [-0.2, -0.15) is 0 Å². The van der Waals surface area contributed by atoms with Gasteiger partial charge in [-0.05, 0) is 56.1 Å². The Balaban J connectivity index is 1.35. The summed E-state index contributed by atoms with van der Waals surface area (Å²) in [6.45, 7) is 4.76. The van der Waals surface area contributed by atoms with Crippen LogP contribution in [0.15, 0.2) is 85.1 Å². The van der Waals surface area contributed by atoms with Gasteiger partial charge in [0.05, 0.1) is 5.52 Å². The summed E-state index contributed by atoms with van der Waals surface area (Å²) in [5.74, 6) is 0.383. The molecule has 1 fully saturated rings. The molecule has 38 heavy (non-hydrogen) atoms. The molecule has 0 radical (unpaired) electrons. The van der Waals surface area contributed by atoms with Crippen LogP contribution in [0, 0.1) is 0 Å². The number of rotatable bonds is 8. The first-order valence-corrected chi connectivity index (χ1v) is 12.9. The van der Waals surface area contributed by atoms with Gasteiger partial charge in [-0.3, -0.25) is 4.79 Å². The molecule has 1 aliphatic rings. The maximum Gasteiger partial charge on any atom is 0.248 e. The molecule has 1 amide bonds. The van der Waals surface area contributed by atoms with Crippen molar-refractivity contribution in [2.75, 3.05) is 62.4 Å².